The van der Waals surface area contributed by atoms with Crippen LogP contribution in [0.1, 0.15) is 39.2 Å². The summed E-state index contributed by atoms with van der Waals surface area (Å²) in [7, 11) is 1.60. The molecule has 1 saturated carbocycles. The van der Waals surface area contributed by atoms with Gasteiger partial charge in [-0.25, -0.2) is 9.78 Å². The van der Waals surface area contributed by atoms with Gasteiger partial charge in [0.15, 0.2) is 0 Å². The Morgan fingerprint density at radius 3 is 2.65 bits per heavy atom. The predicted octanol–water partition coefficient (Wildman–Crippen LogP) is 2.48. The Morgan fingerprint density at radius 1 is 1.39 bits per heavy atom. The molecule has 1 aromatic heterocycles. The number of ether oxygens (including phenoxy) is 2. The Kier molecular flexibility index (Phi) is 5.82. The van der Waals surface area contributed by atoms with Gasteiger partial charge in [-0.3, -0.25) is 0 Å². The Labute approximate surface area is 138 Å². The van der Waals surface area contributed by atoms with Crippen molar-refractivity contribution in [1.82, 2.24) is 15.6 Å². The first-order chi connectivity index (χ1) is 10.9. The van der Waals surface area contributed by atoms with Crippen LogP contribution >= 0.6 is 0 Å². The fourth-order valence-corrected chi connectivity index (χ4v) is 2.30. The van der Waals surface area contributed by atoms with Crippen LogP contribution in [0, 0.1) is 5.92 Å². The number of alkyl carbamates (subject to hydrolysis) is 1. The zero-order valence-electron chi connectivity index (χ0n) is 14.4. The standard InChI is InChI=1S/C17H27N3O3/c1-17(2,3)23-16(21)20-14(13-6-7-13)11-18-9-12-5-8-15(22-4)19-10-12/h5,8,10,13-14,18H,6-7,9,11H2,1-4H3,(H,20,21). The molecule has 1 fully saturated rings. The van der Waals surface area contributed by atoms with Crippen LogP contribution in [0.4, 0.5) is 4.79 Å². The van der Waals surface area contributed by atoms with Crippen molar-refractivity contribution in [2.45, 2.75) is 51.8 Å². The molecule has 0 aliphatic heterocycles. The van der Waals surface area contributed by atoms with Gasteiger partial charge in [-0.1, -0.05) is 6.07 Å². The Hall–Kier alpha value is -1.82. The highest BCUT2D eigenvalue weighted by Crippen LogP contribution is 2.32. The number of aromatic nitrogens is 1. The first kappa shape index (κ1) is 17.5. The minimum atomic E-state index is -0.472. The Bertz CT molecular complexity index is 507. The van der Waals surface area contributed by atoms with E-state index in [-0.39, 0.29) is 12.1 Å². The van der Waals surface area contributed by atoms with Crippen molar-refractivity contribution < 1.29 is 14.3 Å². The average Bonchev–Trinajstić information content (AvgIpc) is 3.29. The van der Waals surface area contributed by atoms with Crippen LogP contribution in [-0.4, -0.2) is 36.4 Å². The molecular formula is C17H27N3O3. The summed E-state index contributed by atoms with van der Waals surface area (Å²) in [5, 5.41) is 6.36. The molecule has 1 unspecified atom stereocenters. The van der Waals surface area contributed by atoms with Gasteiger partial charge in [0, 0.05) is 31.4 Å². The quantitative estimate of drug-likeness (QED) is 0.807. The minimum absolute atomic E-state index is 0.107. The molecule has 0 radical (unpaired) electrons. The van der Waals surface area contributed by atoms with Crippen LogP contribution < -0.4 is 15.4 Å². The van der Waals surface area contributed by atoms with E-state index in [0.717, 1.165) is 24.9 Å². The normalized spacial score (nSPS) is 15.8. The lowest BCUT2D eigenvalue weighted by molar-refractivity contribution is 0.0497. The number of hydrogen-bond acceptors (Lipinski definition) is 5. The highest BCUT2D eigenvalue weighted by molar-refractivity contribution is 5.68. The highest BCUT2D eigenvalue weighted by Gasteiger charge is 2.33. The lowest BCUT2D eigenvalue weighted by Crippen LogP contribution is -2.45. The largest absolute Gasteiger partial charge is 0.481 e. The number of nitrogens with one attached hydrogen (secondary N) is 2. The van der Waals surface area contributed by atoms with E-state index in [4.69, 9.17) is 9.47 Å². The number of nitrogens with zero attached hydrogens (tertiary/aromatic N) is 1. The summed E-state index contributed by atoms with van der Waals surface area (Å²) in [6.45, 7) is 7.03. The Balaban J connectivity index is 1.77. The van der Waals surface area contributed by atoms with E-state index in [0.29, 0.717) is 18.3 Å². The molecule has 1 aromatic rings. The van der Waals surface area contributed by atoms with Gasteiger partial charge >= 0.3 is 6.09 Å². The number of hydrogen-bond donors (Lipinski definition) is 2. The summed E-state index contributed by atoms with van der Waals surface area (Å²) in [5.74, 6) is 1.15. The van der Waals surface area contributed by atoms with E-state index >= 15 is 0 Å². The van der Waals surface area contributed by atoms with Crippen LogP contribution in [0.2, 0.25) is 0 Å². The predicted molar refractivity (Wildman–Crippen MR) is 88.4 cm³/mol. The first-order valence-corrected chi connectivity index (χ1v) is 8.06. The molecule has 0 spiro atoms. The molecule has 128 valence electrons. The zero-order valence-corrected chi connectivity index (χ0v) is 14.4. The SMILES string of the molecule is COc1ccc(CNCC(NC(=O)OC(C)(C)C)C2CC2)cn1. The van der Waals surface area contributed by atoms with Crippen molar-refractivity contribution in [1.29, 1.82) is 0 Å². The molecule has 6 heteroatoms. The summed E-state index contributed by atoms with van der Waals surface area (Å²) in [6.07, 6.45) is 3.76. The summed E-state index contributed by atoms with van der Waals surface area (Å²) in [4.78, 5) is 16.1. The van der Waals surface area contributed by atoms with Crippen LogP contribution in [-0.2, 0) is 11.3 Å². The van der Waals surface area contributed by atoms with Gasteiger partial charge < -0.3 is 20.1 Å². The van der Waals surface area contributed by atoms with Crippen molar-refractivity contribution in [2.24, 2.45) is 5.92 Å². The summed E-state index contributed by atoms with van der Waals surface area (Å²) in [5.41, 5.74) is 0.609. The van der Waals surface area contributed by atoms with Gasteiger partial charge in [0.25, 0.3) is 0 Å². The van der Waals surface area contributed by atoms with E-state index in [9.17, 15) is 4.79 Å². The second kappa shape index (κ2) is 7.64. The fourth-order valence-electron chi connectivity index (χ4n) is 2.30. The smallest absolute Gasteiger partial charge is 0.407 e. The zero-order chi connectivity index (χ0) is 16.9. The van der Waals surface area contributed by atoms with Gasteiger partial charge in [-0.05, 0) is 45.1 Å². The highest BCUT2D eigenvalue weighted by atomic mass is 16.6. The third-order valence-electron chi connectivity index (χ3n) is 3.59. The topological polar surface area (TPSA) is 72.5 Å². The number of methoxy groups -OCH3 is 1. The fraction of sp³-hybridized carbons (Fsp3) is 0.647. The second-order valence-corrected chi connectivity index (χ2v) is 6.93. The van der Waals surface area contributed by atoms with Gasteiger partial charge in [-0.2, -0.15) is 0 Å². The van der Waals surface area contributed by atoms with E-state index in [1.165, 1.54) is 0 Å². The molecule has 6 nitrogen and oxygen atoms in total. The van der Waals surface area contributed by atoms with Gasteiger partial charge in [0.05, 0.1) is 7.11 Å². The van der Waals surface area contributed by atoms with Gasteiger partial charge in [0.1, 0.15) is 5.60 Å². The van der Waals surface area contributed by atoms with Crippen LogP contribution in [0.5, 0.6) is 5.88 Å². The monoisotopic (exact) mass is 321 g/mol. The lowest BCUT2D eigenvalue weighted by atomic mass is 10.1. The van der Waals surface area contributed by atoms with Crippen LogP contribution in [0.15, 0.2) is 18.3 Å². The molecule has 0 saturated heterocycles. The van der Waals surface area contributed by atoms with Crippen molar-refractivity contribution in [3.8, 4) is 5.88 Å². The van der Waals surface area contributed by atoms with Gasteiger partial charge in [-0.15, -0.1) is 0 Å². The third-order valence-corrected chi connectivity index (χ3v) is 3.59. The summed E-state index contributed by atoms with van der Waals surface area (Å²) < 4.78 is 10.4. The Morgan fingerprint density at radius 2 is 2.13 bits per heavy atom. The average molecular weight is 321 g/mol. The van der Waals surface area contributed by atoms with Crippen LogP contribution in [0.25, 0.3) is 0 Å². The van der Waals surface area contributed by atoms with Crippen molar-refractivity contribution >= 4 is 6.09 Å². The lowest BCUT2D eigenvalue weighted by Gasteiger charge is -2.24. The van der Waals surface area contributed by atoms with E-state index in [1.54, 1.807) is 13.3 Å². The molecular weight excluding hydrogens is 294 g/mol. The number of rotatable bonds is 7. The van der Waals surface area contributed by atoms with E-state index in [2.05, 4.69) is 15.6 Å². The molecule has 1 aliphatic rings. The first-order valence-electron chi connectivity index (χ1n) is 8.06. The molecule has 23 heavy (non-hydrogen) atoms. The van der Waals surface area contributed by atoms with Crippen LogP contribution in [0.3, 0.4) is 0 Å². The molecule has 1 amide bonds. The number of amides is 1. The third kappa shape index (κ3) is 6.44. The van der Waals surface area contributed by atoms with Gasteiger partial charge in [0.2, 0.25) is 5.88 Å². The molecule has 2 rings (SSSR count). The molecule has 0 aromatic carbocycles. The van der Waals surface area contributed by atoms with Crippen molar-refractivity contribution in [3.63, 3.8) is 0 Å². The van der Waals surface area contributed by atoms with E-state index < -0.39 is 5.60 Å². The number of carbonyl (C=O) groups excluding carboxylic acids is 1. The maximum absolute atomic E-state index is 11.9. The maximum Gasteiger partial charge on any atom is 0.407 e. The number of pyridine rings is 1. The number of carbonyl (C=O) groups is 1. The second-order valence-electron chi connectivity index (χ2n) is 6.93. The molecule has 1 atom stereocenters. The van der Waals surface area contributed by atoms with E-state index in [1.807, 2.05) is 32.9 Å². The molecule has 1 heterocycles. The summed E-state index contributed by atoms with van der Waals surface area (Å²) in [6, 6.07) is 3.93. The van der Waals surface area contributed by atoms with Crippen molar-refractivity contribution in [3.05, 3.63) is 23.9 Å². The molecule has 2 N–H and O–H groups in total. The minimum Gasteiger partial charge on any atom is -0.481 e. The molecule has 0 bridgehead atoms. The maximum atomic E-state index is 11.9. The summed E-state index contributed by atoms with van der Waals surface area (Å²) >= 11 is 0. The van der Waals surface area contributed by atoms with Crippen molar-refractivity contribution in [2.75, 3.05) is 13.7 Å². The molecule has 1 aliphatic carbocycles.